The molecule has 3 aromatic rings. The number of nitrogens with zero attached hydrogens (tertiary/aromatic N) is 4. The summed E-state index contributed by atoms with van der Waals surface area (Å²) < 4.78 is 1.59. The highest BCUT2D eigenvalue weighted by Crippen LogP contribution is 2.46. The molecule has 7 heteroatoms. The molecule has 1 fully saturated rings. The average molecular weight is 348 g/mol. The molecule has 2 heterocycles. The second-order valence-corrected chi connectivity index (χ2v) is 6.40. The third kappa shape index (κ3) is 3.72. The van der Waals surface area contributed by atoms with Crippen LogP contribution in [0, 0.1) is 5.92 Å². The normalized spacial score (nSPS) is 18.3. The van der Waals surface area contributed by atoms with Gasteiger partial charge in [0.2, 0.25) is 0 Å². The molecule has 0 aliphatic heterocycles. The number of benzene rings is 1. The van der Waals surface area contributed by atoms with Crippen LogP contribution in [0.5, 0.6) is 0 Å². The first-order chi connectivity index (χ1) is 12.8. The van der Waals surface area contributed by atoms with E-state index >= 15 is 0 Å². The Morgan fingerprint density at radius 3 is 2.85 bits per heavy atom. The number of carbonyl (C=O) groups excluding carboxylic acids is 1. The van der Waals surface area contributed by atoms with E-state index in [9.17, 15) is 4.79 Å². The Labute approximate surface area is 151 Å². The summed E-state index contributed by atoms with van der Waals surface area (Å²) in [6, 6.07) is 14.0. The van der Waals surface area contributed by atoms with E-state index in [0.717, 1.165) is 12.0 Å². The van der Waals surface area contributed by atoms with Gasteiger partial charge in [-0.05, 0) is 29.9 Å². The summed E-state index contributed by atoms with van der Waals surface area (Å²) >= 11 is 0. The number of aromatic nitrogens is 4. The summed E-state index contributed by atoms with van der Waals surface area (Å²) in [6.45, 7) is 1.07. The molecule has 26 heavy (non-hydrogen) atoms. The van der Waals surface area contributed by atoms with Gasteiger partial charge in [0.25, 0.3) is 0 Å². The second-order valence-electron chi connectivity index (χ2n) is 6.40. The monoisotopic (exact) mass is 348 g/mol. The molecule has 4 rings (SSSR count). The SMILES string of the molecule is O=C(NCc1cccnc1-n1cncn1)NC[C@@H]1C[C@H]1c1ccccc1. The summed E-state index contributed by atoms with van der Waals surface area (Å²) in [4.78, 5) is 20.4. The molecule has 2 aromatic heterocycles. The van der Waals surface area contributed by atoms with Crippen LogP contribution in [-0.4, -0.2) is 32.3 Å². The second kappa shape index (κ2) is 7.35. The van der Waals surface area contributed by atoms with Gasteiger partial charge >= 0.3 is 6.03 Å². The minimum absolute atomic E-state index is 0.169. The molecule has 2 amide bonds. The van der Waals surface area contributed by atoms with E-state index in [1.54, 1.807) is 17.2 Å². The lowest BCUT2D eigenvalue weighted by atomic mass is 10.1. The zero-order valence-electron chi connectivity index (χ0n) is 14.2. The van der Waals surface area contributed by atoms with Crippen LogP contribution < -0.4 is 10.6 Å². The Morgan fingerprint density at radius 1 is 1.15 bits per heavy atom. The summed E-state index contributed by atoms with van der Waals surface area (Å²) in [5.41, 5.74) is 2.23. The van der Waals surface area contributed by atoms with Gasteiger partial charge in [0.15, 0.2) is 5.82 Å². The first kappa shape index (κ1) is 16.3. The van der Waals surface area contributed by atoms with Crippen LogP contribution in [0.1, 0.15) is 23.5 Å². The summed E-state index contributed by atoms with van der Waals surface area (Å²) in [5.74, 6) is 1.75. The molecule has 2 N–H and O–H groups in total. The van der Waals surface area contributed by atoms with E-state index in [-0.39, 0.29) is 6.03 Å². The zero-order valence-corrected chi connectivity index (χ0v) is 14.2. The van der Waals surface area contributed by atoms with Gasteiger partial charge in [-0.3, -0.25) is 0 Å². The molecule has 1 saturated carbocycles. The van der Waals surface area contributed by atoms with Crippen molar-refractivity contribution >= 4 is 6.03 Å². The van der Waals surface area contributed by atoms with Crippen molar-refractivity contribution in [3.63, 3.8) is 0 Å². The first-order valence-electron chi connectivity index (χ1n) is 8.67. The van der Waals surface area contributed by atoms with Crippen molar-refractivity contribution < 1.29 is 4.79 Å². The van der Waals surface area contributed by atoms with Crippen LogP contribution in [0.2, 0.25) is 0 Å². The van der Waals surface area contributed by atoms with E-state index in [1.807, 2.05) is 18.2 Å². The fraction of sp³-hybridized carbons (Fsp3) is 0.263. The van der Waals surface area contributed by atoms with Crippen LogP contribution in [0.3, 0.4) is 0 Å². The fourth-order valence-electron chi connectivity index (χ4n) is 3.14. The number of nitrogens with one attached hydrogen (secondary N) is 2. The van der Waals surface area contributed by atoms with E-state index in [4.69, 9.17) is 0 Å². The third-order valence-corrected chi connectivity index (χ3v) is 4.62. The van der Waals surface area contributed by atoms with Gasteiger partial charge in [-0.1, -0.05) is 36.4 Å². The molecule has 0 radical (unpaired) electrons. The average Bonchev–Trinajstić information content (AvgIpc) is 3.27. The van der Waals surface area contributed by atoms with Crippen LogP contribution in [0.25, 0.3) is 5.82 Å². The smallest absolute Gasteiger partial charge is 0.315 e. The predicted molar refractivity (Wildman–Crippen MR) is 96.7 cm³/mol. The quantitative estimate of drug-likeness (QED) is 0.716. The van der Waals surface area contributed by atoms with Crippen molar-refractivity contribution in [2.45, 2.75) is 18.9 Å². The highest BCUT2D eigenvalue weighted by Gasteiger charge is 2.37. The van der Waals surface area contributed by atoms with Crippen molar-refractivity contribution in [1.82, 2.24) is 30.4 Å². The Kier molecular flexibility index (Phi) is 4.59. The maximum absolute atomic E-state index is 12.1. The molecule has 132 valence electrons. The zero-order chi connectivity index (χ0) is 17.8. The molecular weight excluding hydrogens is 328 g/mol. The Hall–Kier alpha value is -3.22. The van der Waals surface area contributed by atoms with Gasteiger partial charge in [0, 0.05) is 24.8 Å². The van der Waals surface area contributed by atoms with Crippen LogP contribution in [0.4, 0.5) is 4.79 Å². The minimum Gasteiger partial charge on any atom is -0.338 e. The number of pyridine rings is 1. The maximum Gasteiger partial charge on any atom is 0.315 e. The Balaban J connectivity index is 1.27. The molecular formula is C19H20N6O. The third-order valence-electron chi connectivity index (χ3n) is 4.62. The van der Waals surface area contributed by atoms with E-state index < -0.39 is 0 Å². The van der Waals surface area contributed by atoms with Crippen molar-refractivity contribution in [3.05, 3.63) is 72.4 Å². The van der Waals surface area contributed by atoms with Gasteiger partial charge in [-0.2, -0.15) is 5.10 Å². The van der Waals surface area contributed by atoms with E-state index in [2.05, 4.69) is 50.0 Å². The highest BCUT2D eigenvalue weighted by atomic mass is 16.2. The van der Waals surface area contributed by atoms with Gasteiger partial charge in [-0.15, -0.1) is 0 Å². The number of urea groups is 1. The molecule has 0 unspecified atom stereocenters. The minimum atomic E-state index is -0.169. The van der Waals surface area contributed by atoms with E-state index in [1.165, 1.54) is 11.9 Å². The number of amides is 2. The fourth-order valence-corrected chi connectivity index (χ4v) is 3.14. The number of rotatable bonds is 6. The predicted octanol–water partition coefficient (Wildman–Crippen LogP) is 2.27. The van der Waals surface area contributed by atoms with Crippen molar-refractivity contribution in [3.8, 4) is 5.82 Å². The Morgan fingerprint density at radius 2 is 2.04 bits per heavy atom. The van der Waals surface area contributed by atoms with Crippen LogP contribution in [-0.2, 0) is 6.54 Å². The van der Waals surface area contributed by atoms with Gasteiger partial charge in [-0.25, -0.2) is 19.4 Å². The van der Waals surface area contributed by atoms with Crippen molar-refractivity contribution in [1.29, 1.82) is 0 Å². The molecule has 1 aliphatic rings. The summed E-state index contributed by atoms with van der Waals surface area (Å²) in [5, 5.41) is 9.94. The Bertz CT molecular complexity index is 865. The molecule has 2 atom stereocenters. The lowest BCUT2D eigenvalue weighted by molar-refractivity contribution is 0.240. The largest absolute Gasteiger partial charge is 0.338 e. The number of hydrogen-bond acceptors (Lipinski definition) is 4. The summed E-state index contributed by atoms with van der Waals surface area (Å²) in [6.07, 6.45) is 5.86. The summed E-state index contributed by atoms with van der Waals surface area (Å²) in [7, 11) is 0. The topological polar surface area (TPSA) is 84.7 Å². The van der Waals surface area contributed by atoms with Crippen LogP contribution >= 0.6 is 0 Å². The lowest BCUT2D eigenvalue weighted by Crippen LogP contribution is -2.36. The molecule has 0 spiro atoms. The van der Waals surface area contributed by atoms with Crippen molar-refractivity contribution in [2.75, 3.05) is 6.54 Å². The molecule has 0 bridgehead atoms. The van der Waals surface area contributed by atoms with Gasteiger partial charge in [0.05, 0.1) is 0 Å². The molecule has 0 saturated heterocycles. The van der Waals surface area contributed by atoms with Gasteiger partial charge in [0.1, 0.15) is 12.7 Å². The standard InChI is InChI=1S/C19H20N6O/c26-19(23-11-16-9-17(16)14-5-2-1-3-6-14)22-10-15-7-4-8-21-18(15)25-13-20-12-24-25/h1-8,12-13,16-17H,9-11H2,(H2,22,23,26)/t16-,17-/m0/s1. The lowest BCUT2D eigenvalue weighted by Gasteiger charge is -2.10. The van der Waals surface area contributed by atoms with Gasteiger partial charge < -0.3 is 10.6 Å². The maximum atomic E-state index is 12.1. The number of hydrogen-bond donors (Lipinski definition) is 2. The first-order valence-corrected chi connectivity index (χ1v) is 8.67. The van der Waals surface area contributed by atoms with E-state index in [0.29, 0.717) is 30.7 Å². The highest BCUT2D eigenvalue weighted by molar-refractivity contribution is 5.74. The molecule has 7 nitrogen and oxygen atoms in total. The number of carbonyl (C=O) groups is 1. The molecule has 1 aromatic carbocycles. The van der Waals surface area contributed by atoms with Crippen molar-refractivity contribution in [2.24, 2.45) is 5.92 Å². The molecule has 1 aliphatic carbocycles. The van der Waals surface area contributed by atoms with Crippen LogP contribution in [0.15, 0.2) is 61.3 Å².